The number of rotatable bonds is 10. The lowest BCUT2D eigenvalue weighted by molar-refractivity contribution is 0.577. The average molecular weight is 566 g/mol. The van der Waals surface area contributed by atoms with Crippen molar-refractivity contribution in [1.29, 1.82) is 0 Å². The Kier molecular flexibility index (Phi) is 15.0. The number of aliphatic imine (C=N–C) groups is 1. The predicted molar refractivity (Wildman–Crippen MR) is 185 cm³/mol. The first-order valence-corrected chi connectivity index (χ1v) is 15.4. The topological polar surface area (TPSA) is 25.5 Å². The third-order valence-electron chi connectivity index (χ3n) is 6.88. The maximum atomic E-state index is 15.2. The van der Waals surface area contributed by atoms with Crippen LogP contribution in [0.15, 0.2) is 100.0 Å². The largest absolute Gasteiger partial charge is 0.455 e. The fourth-order valence-electron chi connectivity index (χ4n) is 4.61. The van der Waals surface area contributed by atoms with Crippen molar-refractivity contribution in [2.75, 3.05) is 0 Å². The van der Waals surface area contributed by atoms with E-state index in [1.54, 1.807) is 12.1 Å². The van der Waals surface area contributed by atoms with Gasteiger partial charge in [0.25, 0.3) is 0 Å². The number of furan rings is 1. The Morgan fingerprint density at radius 1 is 1.10 bits per heavy atom. The first kappa shape index (κ1) is 34.2. The normalized spacial score (nSPS) is 13.6. The summed E-state index contributed by atoms with van der Waals surface area (Å²) in [5.74, 6) is 0.464. The molecule has 4 rings (SSSR count). The van der Waals surface area contributed by atoms with E-state index in [1.165, 1.54) is 11.6 Å². The number of fused-ring (bicyclic) bond motifs is 1. The monoisotopic (exact) mass is 565 g/mol. The van der Waals surface area contributed by atoms with E-state index in [-0.39, 0.29) is 5.82 Å². The molecule has 0 saturated carbocycles. The highest BCUT2D eigenvalue weighted by Crippen LogP contribution is 2.35. The van der Waals surface area contributed by atoms with Gasteiger partial charge in [0.2, 0.25) is 0 Å². The van der Waals surface area contributed by atoms with E-state index in [4.69, 9.17) is 9.41 Å². The Morgan fingerprint density at radius 2 is 1.86 bits per heavy atom. The van der Waals surface area contributed by atoms with Crippen molar-refractivity contribution >= 4 is 40.6 Å². The summed E-state index contributed by atoms with van der Waals surface area (Å²) < 4.78 is 21.4. The van der Waals surface area contributed by atoms with Crippen LogP contribution >= 0.6 is 0 Å². The van der Waals surface area contributed by atoms with Crippen LogP contribution < -0.4 is 0 Å². The van der Waals surface area contributed by atoms with Gasteiger partial charge in [-0.05, 0) is 80.0 Å². The second-order valence-electron chi connectivity index (χ2n) is 9.45. The number of unbranched alkanes of at least 4 members (excludes halogenated alkanes) is 1. The van der Waals surface area contributed by atoms with Crippen LogP contribution in [-0.2, 0) is 6.42 Å². The second kappa shape index (κ2) is 18.5. The van der Waals surface area contributed by atoms with Crippen molar-refractivity contribution in [3.63, 3.8) is 0 Å². The summed E-state index contributed by atoms with van der Waals surface area (Å²) in [6.07, 6.45) is 22.9. The SMILES string of the molecule is C=Cc1c(/C(C)=C\C)oc2c(C/C=C(\C=Nc3ccccc3/C=C\CCC)C3=CC=CCC3)c(F)ccc12.CC.CC. The lowest BCUT2D eigenvalue weighted by atomic mass is 9.95. The zero-order valence-electron chi connectivity index (χ0n) is 26.6. The van der Waals surface area contributed by atoms with E-state index in [0.29, 0.717) is 17.6 Å². The number of allylic oxidation sites excluding steroid dienone is 9. The molecule has 1 aliphatic carbocycles. The van der Waals surface area contributed by atoms with Gasteiger partial charge in [-0.15, -0.1) is 0 Å². The van der Waals surface area contributed by atoms with Crippen LogP contribution in [0.2, 0.25) is 0 Å². The number of nitrogens with zero attached hydrogens (tertiary/aromatic N) is 1. The molecule has 2 nitrogen and oxygen atoms in total. The number of hydrogen-bond donors (Lipinski definition) is 0. The molecule has 0 amide bonds. The first-order valence-electron chi connectivity index (χ1n) is 15.4. The molecule has 222 valence electrons. The molecule has 0 spiro atoms. The van der Waals surface area contributed by atoms with Crippen LogP contribution in [0.1, 0.15) is 96.6 Å². The third-order valence-corrected chi connectivity index (χ3v) is 6.88. The number of halogens is 1. The minimum Gasteiger partial charge on any atom is -0.455 e. The van der Waals surface area contributed by atoms with Gasteiger partial charge < -0.3 is 4.42 Å². The number of para-hydroxylation sites is 1. The minimum atomic E-state index is -0.275. The maximum absolute atomic E-state index is 15.2. The van der Waals surface area contributed by atoms with Gasteiger partial charge in [0.15, 0.2) is 0 Å². The summed E-state index contributed by atoms with van der Waals surface area (Å²) in [5.41, 5.74) is 7.21. The van der Waals surface area contributed by atoms with Crippen LogP contribution in [0.4, 0.5) is 10.1 Å². The fraction of sp³-hybridized carbons (Fsp3) is 0.308. The molecule has 1 aromatic heterocycles. The summed E-state index contributed by atoms with van der Waals surface area (Å²) in [6.45, 7) is 18.1. The molecule has 1 aliphatic rings. The van der Waals surface area contributed by atoms with Crippen LogP contribution in [-0.4, -0.2) is 6.21 Å². The van der Waals surface area contributed by atoms with Crippen LogP contribution in [0.5, 0.6) is 0 Å². The standard InChI is InChI=1S/C35H36FNO.2C2H6/c1-5-8-10-17-27-18-13-14-19-33(27)37-24-28(26-15-11-9-12-16-26)20-21-31-32(36)23-22-30-29(7-3)34(25(4)6-2)38-35(30)31;2*1-2/h6-7,9-11,13-15,17-20,22-24H,3,5,8,12,16,21H2,1-2,4H3;2*1-2H3/b17-10-,25-6-,28-20+,37-24?;;. The highest BCUT2D eigenvalue weighted by atomic mass is 19.1. The summed E-state index contributed by atoms with van der Waals surface area (Å²) in [7, 11) is 0. The molecule has 0 atom stereocenters. The third kappa shape index (κ3) is 8.76. The van der Waals surface area contributed by atoms with Gasteiger partial charge in [0.05, 0.1) is 5.69 Å². The number of hydrogen-bond acceptors (Lipinski definition) is 2. The summed E-state index contributed by atoms with van der Waals surface area (Å²) >= 11 is 0. The predicted octanol–water partition coefficient (Wildman–Crippen LogP) is 12.7. The summed E-state index contributed by atoms with van der Waals surface area (Å²) in [5, 5.41) is 0.879. The van der Waals surface area contributed by atoms with E-state index in [9.17, 15) is 0 Å². The molecule has 3 aromatic rings. The highest BCUT2D eigenvalue weighted by Gasteiger charge is 2.18. The highest BCUT2D eigenvalue weighted by molar-refractivity contribution is 5.94. The van der Waals surface area contributed by atoms with Gasteiger partial charge in [0, 0.05) is 22.7 Å². The van der Waals surface area contributed by atoms with Crippen molar-refractivity contribution in [2.45, 2.75) is 80.6 Å². The van der Waals surface area contributed by atoms with E-state index >= 15 is 4.39 Å². The summed E-state index contributed by atoms with van der Waals surface area (Å²) in [4.78, 5) is 4.88. The quantitative estimate of drug-likeness (QED) is 0.224. The second-order valence-corrected chi connectivity index (χ2v) is 9.45. The summed E-state index contributed by atoms with van der Waals surface area (Å²) in [6, 6.07) is 11.5. The van der Waals surface area contributed by atoms with Gasteiger partial charge in [-0.2, -0.15) is 0 Å². The Morgan fingerprint density at radius 3 is 2.52 bits per heavy atom. The molecule has 3 heteroatoms. The Bertz CT molecular complexity index is 1490. The van der Waals surface area contributed by atoms with Crippen molar-refractivity contribution in [1.82, 2.24) is 0 Å². The van der Waals surface area contributed by atoms with Crippen LogP contribution in [0.25, 0.3) is 28.7 Å². The van der Waals surface area contributed by atoms with Gasteiger partial charge >= 0.3 is 0 Å². The molecule has 0 saturated heterocycles. The first-order chi connectivity index (χ1) is 20.6. The molecule has 1 heterocycles. The van der Waals surface area contributed by atoms with Gasteiger partial charge in [-0.1, -0.05) is 114 Å². The Labute approximate surface area is 253 Å². The van der Waals surface area contributed by atoms with Gasteiger partial charge in [-0.25, -0.2) is 4.39 Å². The van der Waals surface area contributed by atoms with Crippen LogP contribution in [0.3, 0.4) is 0 Å². The molecule has 42 heavy (non-hydrogen) atoms. The van der Waals surface area contributed by atoms with Gasteiger partial charge in [0.1, 0.15) is 17.2 Å². The minimum absolute atomic E-state index is 0.275. The molecule has 0 N–H and O–H groups in total. The van der Waals surface area contributed by atoms with Crippen molar-refractivity contribution < 1.29 is 8.81 Å². The van der Waals surface area contributed by atoms with Gasteiger partial charge in [-0.3, -0.25) is 4.99 Å². The molecule has 0 radical (unpaired) electrons. The van der Waals surface area contributed by atoms with Crippen LogP contribution in [0, 0.1) is 5.82 Å². The molecular formula is C39H48FNO. The molecule has 0 unspecified atom stereocenters. The van der Waals surface area contributed by atoms with E-state index < -0.39 is 0 Å². The average Bonchev–Trinajstić information content (AvgIpc) is 3.43. The van der Waals surface area contributed by atoms with Crippen molar-refractivity contribution in [3.8, 4) is 0 Å². The zero-order chi connectivity index (χ0) is 30.9. The Balaban J connectivity index is 0.00000148. The molecule has 2 aromatic carbocycles. The molecule has 0 bridgehead atoms. The lowest BCUT2D eigenvalue weighted by Crippen LogP contribution is -1.97. The number of benzene rings is 2. The fourth-order valence-corrected chi connectivity index (χ4v) is 4.61. The van der Waals surface area contributed by atoms with Crippen molar-refractivity contribution in [2.24, 2.45) is 4.99 Å². The van der Waals surface area contributed by atoms with Crippen molar-refractivity contribution in [3.05, 3.63) is 119 Å². The van der Waals surface area contributed by atoms with E-state index in [2.05, 4.69) is 56.0 Å². The molecule has 0 aliphatic heterocycles. The maximum Gasteiger partial charge on any atom is 0.141 e. The Hall–Kier alpha value is -3.98. The zero-order valence-corrected chi connectivity index (χ0v) is 26.6. The smallest absolute Gasteiger partial charge is 0.141 e. The molecule has 0 fully saturated rings. The molecular weight excluding hydrogens is 517 g/mol. The lowest BCUT2D eigenvalue weighted by Gasteiger charge is -2.11. The van der Waals surface area contributed by atoms with E-state index in [1.807, 2.05) is 72.0 Å². The van der Waals surface area contributed by atoms with E-state index in [0.717, 1.165) is 64.8 Å².